The Kier molecular flexibility index (Phi) is 6.73. The molecule has 2 fully saturated rings. The molecule has 0 radical (unpaired) electrons. The monoisotopic (exact) mass is 383 g/mol. The van der Waals surface area contributed by atoms with E-state index in [4.69, 9.17) is 4.74 Å². The third-order valence-corrected chi connectivity index (χ3v) is 6.07. The van der Waals surface area contributed by atoms with E-state index in [2.05, 4.69) is 43.6 Å². The van der Waals surface area contributed by atoms with Crippen molar-refractivity contribution in [1.82, 2.24) is 24.6 Å². The van der Waals surface area contributed by atoms with Gasteiger partial charge in [0, 0.05) is 50.9 Å². The van der Waals surface area contributed by atoms with Gasteiger partial charge < -0.3 is 4.74 Å². The Hall–Kier alpha value is -1.76. The van der Waals surface area contributed by atoms with Crippen molar-refractivity contribution in [1.29, 1.82) is 0 Å². The highest BCUT2D eigenvalue weighted by molar-refractivity contribution is 5.09. The van der Waals surface area contributed by atoms with Crippen molar-refractivity contribution in [3.8, 4) is 0 Å². The minimum absolute atomic E-state index is 0.0950. The molecular weight excluding hydrogens is 350 g/mol. The van der Waals surface area contributed by atoms with Gasteiger partial charge in [0.15, 0.2) is 6.23 Å². The van der Waals surface area contributed by atoms with Gasteiger partial charge in [0.1, 0.15) is 0 Å². The molecule has 4 rings (SSSR count). The molecule has 2 aliphatic rings. The van der Waals surface area contributed by atoms with Crippen LogP contribution in [0.1, 0.15) is 56.5 Å². The summed E-state index contributed by atoms with van der Waals surface area (Å²) < 4.78 is 8.11. The predicted molar refractivity (Wildman–Crippen MR) is 110 cm³/mol. The van der Waals surface area contributed by atoms with Crippen LogP contribution >= 0.6 is 0 Å². The number of rotatable bonds is 8. The Morgan fingerprint density at radius 2 is 2.11 bits per heavy atom. The molecule has 0 bridgehead atoms. The first kappa shape index (κ1) is 19.6. The highest BCUT2D eigenvalue weighted by Gasteiger charge is 2.26. The molecule has 0 N–H and O–H groups in total. The molecule has 0 saturated carbocycles. The summed E-state index contributed by atoms with van der Waals surface area (Å²) in [6.07, 6.45) is 11.9. The SMILES string of the molecule is CCN1CCC[C@H]1CN(Cc1cccnc1)Cc1ccnn1[C@@H]1CCCCO1. The molecule has 152 valence electrons. The lowest BCUT2D eigenvalue weighted by Crippen LogP contribution is -2.40. The molecule has 0 unspecified atom stereocenters. The normalized spacial score (nSPS) is 23.5. The summed E-state index contributed by atoms with van der Waals surface area (Å²) in [5, 5.41) is 4.61. The van der Waals surface area contributed by atoms with Gasteiger partial charge in [0.05, 0.1) is 5.69 Å². The Balaban J connectivity index is 1.49. The maximum Gasteiger partial charge on any atom is 0.150 e. The molecular formula is C22H33N5O. The Labute approximate surface area is 168 Å². The summed E-state index contributed by atoms with van der Waals surface area (Å²) in [5.74, 6) is 0. The van der Waals surface area contributed by atoms with Crippen LogP contribution in [0.3, 0.4) is 0 Å². The molecule has 0 amide bonds. The van der Waals surface area contributed by atoms with E-state index in [1.807, 2.05) is 24.7 Å². The first-order valence-corrected chi connectivity index (χ1v) is 10.8. The standard InChI is InChI=1S/C22H33N5O/c1-2-26-13-6-8-20(26)17-25(16-19-7-5-11-23-15-19)18-21-10-12-24-27(21)22-9-3-4-14-28-22/h5,7,10-12,15,20,22H,2-4,6,8-9,13-14,16-18H2,1H3/t20-,22-/m0/s1. The van der Waals surface area contributed by atoms with Crippen molar-refractivity contribution < 1.29 is 4.74 Å². The van der Waals surface area contributed by atoms with Gasteiger partial charge in [-0.3, -0.25) is 14.8 Å². The second-order valence-corrected chi connectivity index (χ2v) is 8.04. The zero-order valence-corrected chi connectivity index (χ0v) is 17.0. The van der Waals surface area contributed by atoms with E-state index < -0.39 is 0 Å². The summed E-state index contributed by atoms with van der Waals surface area (Å²) in [6, 6.07) is 7.00. The molecule has 2 aromatic heterocycles. The number of aromatic nitrogens is 3. The molecule has 6 heteroatoms. The molecule has 2 aromatic rings. The Bertz CT molecular complexity index is 713. The fourth-order valence-electron chi connectivity index (χ4n) is 4.62. The lowest BCUT2D eigenvalue weighted by molar-refractivity contribution is -0.0422. The topological polar surface area (TPSA) is 46.4 Å². The van der Waals surface area contributed by atoms with Gasteiger partial charge in [-0.1, -0.05) is 13.0 Å². The number of hydrogen-bond acceptors (Lipinski definition) is 5. The summed E-state index contributed by atoms with van der Waals surface area (Å²) in [4.78, 5) is 9.50. The average molecular weight is 384 g/mol. The summed E-state index contributed by atoms with van der Waals surface area (Å²) in [7, 11) is 0. The van der Waals surface area contributed by atoms with Crippen LogP contribution in [0.25, 0.3) is 0 Å². The van der Waals surface area contributed by atoms with Gasteiger partial charge in [-0.2, -0.15) is 5.10 Å². The van der Waals surface area contributed by atoms with Crippen LogP contribution in [0.2, 0.25) is 0 Å². The van der Waals surface area contributed by atoms with Crippen molar-refractivity contribution in [2.24, 2.45) is 0 Å². The van der Waals surface area contributed by atoms with E-state index in [1.165, 1.54) is 37.1 Å². The van der Waals surface area contributed by atoms with Crippen molar-refractivity contribution in [2.75, 3.05) is 26.2 Å². The molecule has 6 nitrogen and oxygen atoms in total. The smallest absolute Gasteiger partial charge is 0.150 e. The zero-order valence-electron chi connectivity index (χ0n) is 17.0. The number of hydrogen-bond donors (Lipinski definition) is 0. The molecule has 0 aromatic carbocycles. The third kappa shape index (κ3) is 4.80. The number of likely N-dealkylation sites (N-methyl/N-ethyl adjacent to an activating group) is 1. The van der Waals surface area contributed by atoms with Crippen LogP contribution in [0.5, 0.6) is 0 Å². The number of pyridine rings is 1. The first-order chi connectivity index (χ1) is 13.8. The van der Waals surface area contributed by atoms with Crippen LogP contribution in [0.4, 0.5) is 0 Å². The molecule has 2 aliphatic heterocycles. The first-order valence-electron chi connectivity index (χ1n) is 10.8. The van der Waals surface area contributed by atoms with Crippen molar-refractivity contribution >= 4 is 0 Å². The number of ether oxygens (including phenoxy) is 1. The quantitative estimate of drug-likeness (QED) is 0.699. The van der Waals surface area contributed by atoms with Crippen molar-refractivity contribution in [2.45, 2.75) is 64.4 Å². The van der Waals surface area contributed by atoms with Gasteiger partial charge in [0.2, 0.25) is 0 Å². The predicted octanol–water partition coefficient (Wildman–Crippen LogP) is 3.46. The van der Waals surface area contributed by atoms with Gasteiger partial charge in [-0.15, -0.1) is 0 Å². The fraction of sp³-hybridized carbons (Fsp3) is 0.636. The average Bonchev–Trinajstić information content (AvgIpc) is 3.38. The summed E-state index contributed by atoms with van der Waals surface area (Å²) in [5.41, 5.74) is 2.51. The van der Waals surface area contributed by atoms with Gasteiger partial charge >= 0.3 is 0 Å². The maximum atomic E-state index is 5.99. The zero-order chi connectivity index (χ0) is 19.2. The minimum atomic E-state index is 0.0950. The maximum absolute atomic E-state index is 5.99. The number of nitrogens with zero attached hydrogens (tertiary/aromatic N) is 5. The van der Waals surface area contributed by atoms with E-state index in [1.54, 1.807) is 0 Å². The van der Waals surface area contributed by atoms with Crippen molar-refractivity contribution in [3.63, 3.8) is 0 Å². The Morgan fingerprint density at radius 1 is 1.14 bits per heavy atom. The largest absolute Gasteiger partial charge is 0.357 e. The summed E-state index contributed by atoms with van der Waals surface area (Å²) in [6.45, 7) is 8.38. The third-order valence-electron chi connectivity index (χ3n) is 6.07. The molecule has 2 atom stereocenters. The van der Waals surface area contributed by atoms with E-state index in [0.717, 1.165) is 45.6 Å². The van der Waals surface area contributed by atoms with E-state index in [9.17, 15) is 0 Å². The lowest BCUT2D eigenvalue weighted by atomic mass is 10.1. The molecule has 28 heavy (non-hydrogen) atoms. The number of likely N-dealkylation sites (tertiary alicyclic amines) is 1. The molecule has 2 saturated heterocycles. The van der Waals surface area contributed by atoms with Crippen LogP contribution in [-0.4, -0.2) is 56.8 Å². The second-order valence-electron chi connectivity index (χ2n) is 8.04. The van der Waals surface area contributed by atoms with Crippen LogP contribution < -0.4 is 0 Å². The highest BCUT2D eigenvalue weighted by atomic mass is 16.5. The highest BCUT2D eigenvalue weighted by Crippen LogP contribution is 2.25. The van der Waals surface area contributed by atoms with E-state index in [0.29, 0.717) is 6.04 Å². The van der Waals surface area contributed by atoms with Crippen LogP contribution in [-0.2, 0) is 17.8 Å². The van der Waals surface area contributed by atoms with E-state index >= 15 is 0 Å². The molecule has 0 spiro atoms. The summed E-state index contributed by atoms with van der Waals surface area (Å²) >= 11 is 0. The van der Waals surface area contributed by atoms with Crippen LogP contribution in [0, 0.1) is 0 Å². The molecule has 0 aliphatic carbocycles. The second kappa shape index (κ2) is 9.63. The minimum Gasteiger partial charge on any atom is -0.357 e. The molecule has 4 heterocycles. The van der Waals surface area contributed by atoms with Crippen LogP contribution in [0.15, 0.2) is 36.8 Å². The lowest BCUT2D eigenvalue weighted by Gasteiger charge is -2.31. The van der Waals surface area contributed by atoms with E-state index in [-0.39, 0.29) is 6.23 Å². The fourth-order valence-corrected chi connectivity index (χ4v) is 4.62. The Morgan fingerprint density at radius 3 is 2.89 bits per heavy atom. The van der Waals surface area contributed by atoms with Gasteiger partial charge in [-0.25, -0.2) is 4.68 Å². The van der Waals surface area contributed by atoms with Gasteiger partial charge in [-0.05, 0) is 62.9 Å². The van der Waals surface area contributed by atoms with Crippen molar-refractivity contribution in [3.05, 3.63) is 48.0 Å². The van der Waals surface area contributed by atoms with Gasteiger partial charge in [0.25, 0.3) is 0 Å².